The number of aromatic amines is 1. The monoisotopic (exact) mass is 230 g/mol. The molecule has 1 heterocycles. The van der Waals surface area contributed by atoms with Gasteiger partial charge in [-0.2, -0.15) is 0 Å². The first kappa shape index (κ1) is 10.7. The minimum atomic E-state index is 0.714. The fourth-order valence-corrected chi connectivity index (χ4v) is 2.06. The maximum Gasteiger partial charge on any atom is 0.120 e. The number of hydrogen-bond acceptors (Lipinski definition) is 2. The Morgan fingerprint density at radius 2 is 2.24 bits per heavy atom. The number of nitrogens with one attached hydrogen (secondary N) is 2. The van der Waals surface area contributed by atoms with Crippen LogP contribution < -0.4 is 10.1 Å². The maximum absolute atomic E-state index is 5.50. The van der Waals surface area contributed by atoms with E-state index in [9.17, 15) is 0 Å². The summed E-state index contributed by atoms with van der Waals surface area (Å²) in [4.78, 5) is 3.43. The summed E-state index contributed by atoms with van der Waals surface area (Å²) in [5, 5.41) is 4.74. The normalized spacial score (nSPS) is 15.4. The summed E-state index contributed by atoms with van der Waals surface area (Å²) in [6.45, 7) is 3.65. The van der Waals surface area contributed by atoms with Crippen LogP contribution in [0.25, 0.3) is 10.9 Å². The summed E-state index contributed by atoms with van der Waals surface area (Å²) in [6.07, 6.45) is 2.66. The van der Waals surface area contributed by atoms with E-state index in [4.69, 9.17) is 4.74 Å². The SMILES string of the molecule is CCOc1ccc2[nH]c(CNC3CC3)cc2c1. The Hall–Kier alpha value is -1.48. The van der Waals surface area contributed by atoms with Crippen molar-refractivity contribution in [1.29, 1.82) is 0 Å². The average Bonchev–Trinajstić information content (AvgIpc) is 3.06. The number of fused-ring (bicyclic) bond motifs is 1. The standard InChI is InChI=1S/C14H18N2O/c1-2-17-13-5-6-14-10(8-13)7-12(16-14)9-15-11-3-4-11/h5-8,11,15-16H,2-4,9H2,1H3. The maximum atomic E-state index is 5.50. The fourth-order valence-electron chi connectivity index (χ4n) is 2.06. The first-order chi connectivity index (χ1) is 8.35. The van der Waals surface area contributed by atoms with Gasteiger partial charge >= 0.3 is 0 Å². The van der Waals surface area contributed by atoms with Gasteiger partial charge in [0.2, 0.25) is 0 Å². The van der Waals surface area contributed by atoms with E-state index < -0.39 is 0 Å². The Bertz CT molecular complexity index is 514. The van der Waals surface area contributed by atoms with Gasteiger partial charge in [-0.1, -0.05) is 0 Å². The third kappa shape index (κ3) is 2.44. The molecule has 0 spiro atoms. The van der Waals surface area contributed by atoms with Gasteiger partial charge in [-0.25, -0.2) is 0 Å². The van der Waals surface area contributed by atoms with Gasteiger partial charge in [-0.3, -0.25) is 0 Å². The topological polar surface area (TPSA) is 37.0 Å². The minimum Gasteiger partial charge on any atom is -0.494 e. The predicted molar refractivity (Wildman–Crippen MR) is 69.3 cm³/mol. The van der Waals surface area contributed by atoms with Crippen molar-refractivity contribution in [2.45, 2.75) is 32.4 Å². The zero-order chi connectivity index (χ0) is 11.7. The summed E-state index contributed by atoms with van der Waals surface area (Å²) in [6, 6.07) is 9.14. The highest BCUT2D eigenvalue weighted by atomic mass is 16.5. The Morgan fingerprint density at radius 3 is 3.00 bits per heavy atom. The molecule has 3 rings (SSSR count). The van der Waals surface area contributed by atoms with Crippen LogP contribution >= 0.6 is 0 Å². The molecule has 1 saturated carbocycles. The van der Waals surface area contributed by atoms with E-state index in [1.165, 1.54) is 29.4 Å². The van der Waals surface area contributed by atoms with Crippen LogP contribution in [0.4, 0.5) is 0 Å². The lowest BCUT2D eigenvalue weighted by molar-refractivity contribution is 0.341. The Labute approximate surface area is 101 Å². The lowest BCUT2D eigenvalue weighted by Gasteiger charge is -2.01. The smallest absolute Gasteiger partial charge is 0.120 e. The Morgan fingerprint density at radius 1 is 1.35 bits per heavy atom. The lowest BCUT2D eigenvalue weighted by atomic mass is 10.2. The van der Waals surface area contributed by atoms with Gasteiger partial charge in [0.25, 0.3) is 0 Å². The van der Waals surface area contributed by atoms with Crippen LogP contribution in [0.1, 0.15) is 25.5 Å². The molecule has 0 bridgehead atoms. The van der Waals surface area contributed by atoms with Crippen LogP contribution in [0.2, 0.25) is 0 Å². The zero-order valence-corrected chi connectivity index (χ0v) is 10.1. The second-order valence-corrected chi connectivity index (χ2v) is 4.63. The molecule has 90 valence electrons. The minimum absolute atomic E-state index is 0.714. The van der Waals surface area contributed by atoms with E-state index in [-0.39, 0.29) is 0 Å². The van der Waals surface area contributed by atoms with E-state index in [0.717, 1.165) is 18.3 Å². The molecule has 0 saturated heterocycles. The molecule has 0 amide bonds. The highest BCUT2D eigenvalue weighted by molar-refractivity contribution is 5.81. The molecule has 1 aromatic carbocycles. The summed E-state index contributed by atoms with van der Waals surface area (Å²) in [5.74, 6) is 0.945. The molecule has 3 nitrogen and oxygen atoms in total. The molecular formula is C14H18N2O. The first-order valence-electron chi connectivity index (χ1n) is 6.33. The van der Waals surface area contributed by atoms with Crippen molar-refractivity contribution in [2.75, 3.05) is 6.61 Å². The first-order valence-corrected chi connectivity index (χ1v) is 6.33. The van der Waals surface area contributed by atoms with Crippen LogP contribution in [0, 0.1) is 0 Å². The van der Waals surface area contributed by atoms with E-state index in [1.54, 1.807) is 0 Å². The van der Waals surface area contributed by atoms with Crippen LogP contribution in [-0.2, 0) is 6.54 Å². The van der Waals surface area contributed by atoms with Crippen molar-refractivity contribution in [3.05, 3.63) is 30.0 Å². The van der Waals surface area contributed by atoms with Crippen molar-refractivity contribution < 1.29 is 4.74 Å². The quantitative estimate of drug-likeness (QED) is 0.828. The number of ether oxygens (including phenoxy) is 1. The molecule has 17 heavy (non-hydrogen) atoms. The fraction of sp³-hybridized carbons (Fsp3) is 0.429. The number of hydrogen-bond donors (Lipinski definition) is 2. The van der Waals surface area contributed by atoms with Gasteiger partial charge < -0.3 is 15.0 Å². The highest BCUT2D eigenvalue weighted by Gasteiger charge is 2.20. The van der Waals surface area contributed by atoms with Crippen molar-refractivity contribution in [2.24, 2.45) is 0 Å². The second kappa shape index (κ2) is 4.41. The summed E-state index contributed by atoms with van der Waals surface area (Å²) in [7, 11) is 0. The summed E-state index contributed by atoms with van der Waals surface area (Å²) in [5.41, 5.74) is 2.43. The van der Waals surface area contributed by atoms with Crippen LogP contribution in [-0.4, -0.2) is 17.6 Å². The van der Waals surface area contributed by atoms with Crippen molar-refractivity contribution >= 4 is 10.9 Å². The summed E-state index contributed by atoms with van der Waals surface area (Å²) < 4.78 is 5.50. The second-order valence-electron chi connectivity index (χ2n) is 4.63. The van der Waals surface area contributed by atoms with E-state index in [0.29, 0.717) is 6.61 Å². The number of H-pyrrole nitrogens is 1. The average molecular weight is 230 g/mol. The van der Waals surface area contributed by atoms with E-state index in [2.05, 4.69) is 28.5 Å². The van der Waals surface area contributed by atoms with Gasteiger partial charge in [0, 0.05) is 29.2 Å². The third-order valence-electron chi connectivity index (χ3n) is 3.12. The largest absolute Gasteiger partial charge is 0.494 e. The molecule has 2 aromatic rings. The van der Waals surface area contributed by atoms with Gasteiger partial charge in [-0.15, -0.1) is 0 Å². The molecule has 1 fully saturated rings. The van der Waals surface area contributed by atoms with Crippen molar-refractivity contribution in [3.63, 3.8) is 0 Å². The molecule has 1 aliphatic carbocycles. The van der Waals surface area contributed by atoms with Crippen LogP contribution in [0.3, 0.4) is 0 Å². The third-order valence-corrected chi connectivity index (χ3v) is 3.12. The molecule has 3 heteroatoms. The molecule has 2 N–H and O–H groups in total. The molecule has 0 unspecified atom stereocenters. The van der Waals surface area contributed by atoms with Gasteiger partial charge in [-0.05, 0) is 44.0 Å². The van der Waals surface area contributed by atoms with Gasteiger partial charge in [0.1, 0.15) is 5.75 Å². The van der Waals surface area contributed by atoms with Gasteiger partial charge in [0.15, 0.2) is 0 Å². The molecular weight excluding hydrogens is 212 g/mol. The van der Waals surface area contributed by atoms with Crippen LogP contribution in [0.15, 0.2) is 24.3 Å². The predicted octanol–water partition coefficient (Wildman–Crippen LogP) is 2.82. The molecule has 0 aliphatic heterocycles. The van der Waals surface area contributed by atoms with E-state index >= 15 is 0 Å². The highest BCUT2D eigenvalue weighted by Crippen LogP contribution is 2.23. The number of aromatic nitrogens is 1. The zero-order valence-electron chi connectivity index (χ0n) is 10.1. The molecule has 0 radical (unpaired) electrons. The Balaban J connectivity index is 1.78. The molecule has 1 aliphatic rings. The molecule has 0 atom stereocenters. The van der Waals surface area contributed by atoms with Crippen molar-refractivity contribution in [3.8, 4) is 5.75 Å². The number of rotatable bonds is 5. The summed E-state index contributed by atoms with van der Waals surface area (Å²) >= 11 is 0. The van der Waals surface area contributed by atoms with Gasteiger partial charge in [0.05, 0.1) is 6.61 Å². The Kier molecular flexibility index (Phi) is 2.77. The lowest BCUT2D eigenvalue weighted by Crippen LogP contribution is -2.15. The number of benzene rings is 1. The van der Waals surface area contributed by atoms with Crippen LogP contribution in [0.5, 0.6) is 5.75 Å². The van der Waals surface area contributed by atoms with E-state index in [1.807, 2.05) is 13.0 Å². The van der Waals surface area contributed by atoms with Crippen molar-refractivity contribution in [1.82, 2.24) is 10.3 Å². The molecule has 1 aromatic heterocycles.